The Balaban J connectivity index is 1.92. The van der Waals surface area contributed by atoms with Gasteiger partial charge in [-0.25, -0.2) is 0 Å². The average Bonchev–Trinajstić information content (AvgIpc) is 3.10. The van der Waals surface area contributed by atoms with E-state index < -0.39 is 0 Å². The Kier molecular flexibility index (Phi) is 5.50. The lowest BCUT2D eigenvalue weighted by Crippen LogP contribution is -2.35. The molecule has 1 heterocycles. The first-order valence-corrected chi connectivity index (χ1v) is 8.43. The van der Waals surface area contributed by atoms with Crippen LogP contribution in [0.1, 0.15) is 64.0 Å². The summed E-state index contributed by atoms with van der Waals surface area (Å²) in [5, 5.41) is 3.54. The Morgan fingerprint density at radius 1 is 1.33 bits per heavy atom. The van der Waals surface area contributed by atoms with Crippen molar-refractivity contribution in [3.8, 4) is 0 Å². The fourth-order valence-electron chi connectivity index (χ4n) is 2.64. The van der Waals surface area contributed by atoms with E-state index >= 15 is 0 Å². The predicted molar refractivity (Wildman–Crippen MR) is 88.3 cm³/mol. The van der Waals surface area contributed by atoms with Crippen molar-refractivity contribution in [3.63, 3.8) is 0 Å². The maximum atomic E-state index is 5.98. The summed E-state index contributed by atoms with van der Waals surface area (Å²) in [6, 6.07) is 2.24. The molecule has 1 aliphatic rings. The number of nitrogens with one attached hydrogen (secondary N) is 1. The van der Waals surface area contributed by atoms with Gasteiger partial charge in [0.25, 0.3) is 0 Å². The number of nitrogens with zero attached hydrogens (tertiary/aromatic N) is 1. The first-order valence-electron chi connectivity index (χ1n) is 8.43. The van der Waals surface area contributed by atoms with Gasteiger partial charge in [-0.15, -0.1) is 0 Å². The highest BCUT2D eigenvalue weighted by atomic mass is 16.3. The fourth-order valence-corrected chi connectivity index (χ4v) is 2.64. The zero-order valence-corrected chi connectivity index (χ0v) is 14.5. The first-order chi connectivity index (χ1) is 9.87. The smallest absolute Gasteiger partial charge is 0.118 e. The summed E-state index contributed by atoms with van der Waals surface area (Å²) in [7, 11) is 0. The Hall–Kier alpha value is -0.800. The van der Waals surface area contributed by atoms with E-state index in [-0.39, 0.29) is 5.54 Å². The Labute approximate surface area is 130 Å². The van der Waals surface area contributed by atoms with Crippen LogP contribution in [0.25, 0.3) is 0 Å². The van der Waals surface area contributed by atoms with Crippen LogP contribution < -0.4 is 5.32 Å². The van der Waals surface area contributed by atoms with Gasteiger partial charge in [0.2, 0.25) is 0 Å². The molecule has 1 fully saturated rings. The van der Waals surface area contributed by atoms with Crippen molar-refractivity contribution < 1.29 is 4.42 Å². The minimum absolute atomic E-state index is 0.143. The van der Waals surface area contributed by atoms with Crippen LogP contribution in [0.15, 0.2) is 10.5 Å². The zero-order chi connectivity index (χ0) is 15.5. The number of aryl methyl sites for hydroxylation is 1. The summed E-state index contributed by atoms with van der Waals surface area (Å²) in [6.07, 6.45) is 4.04. The monoisotopic (exact) mass is 292 g/mol. The van der Waals surface area contributed by atoms with Crippen molar-refractivity contribution in [1.82, 2.24) is 10.2 Å². The van der Waals surface area contributed by atoms with Gasteiger partial charge in [0.15, 0.2) is 0 Å². The average molecular weight is 292 g/mol. The maximum Gasteiger partial charge on any atom is 0.118 e. The minimum atomic E-state index is 0.143. The van der Waals surface area contributed by atoms with Gasteiger partial charge in [0.05, 0.1) is 6.54 Å². The minimum Gasteiger partial charge on any atom is -0.465 e. The highest BCUT2D eigenvalue weighted by molar-refractivity contribution is 5.21. The van der Waals surface area contributed by atoms with E-state index in [1.54, 1.807) is 0 Å². The van der Waals surface area contributed by atoms with Gasteiger partial charge < -0.3 is 9.73 Å². The predicted octanol–water partition coefficient (Wildman–Crippen LogP) is 4.10. The first kappa shape index (κ1) is 16.6. The molecule has 1 aliphatic carbocycles. The van der Waals surface area contributed by atoms with E-state index in [4.69, 9.17) is 4.42 Å². The molecular weight excluding hydrogens is 260 g/mol. The van der Waals surface area contributed by atoms with Crippen molar-refractivity contribution in [3.05, 3.63) is 23.2 Å². The highest BCUT2D eigenvalue weighted by Gasteiger charge is 2.24. The molecule has 2 rings (SSSR count). The van der Waals surface area contributed by atoms with E-state index in [0.29, 0.717) is 0 Å². The summed E-state index contributed by atoms with van der Waals surface area (Å²) < 4.78 is 5.98. The molecule has 0 aliphatic heterocycles. The standard InChI is InChI=1S/C18H32N2O/c1-6-9-20(12-15-7-8-15)13-17-10-16(14(2)21-17)11-19-18(3,4)5/h10,15,19H,6-9,11-13H2,1-5H3. The molecule has 3 heteroatoms. The van der Waals surface area contributed by atoms with Crippen LogP contribution in [0, 0.1) is 12.8 Å². The van der Waals surface area contributed by atoms with Gasteiger partial charge in [-0.05, 0) is 65.5 Å². The van der Waals surface area contributed by atoms with Crippen molar-refractivity contribution in [1.29, 1.82) is 0 Å². The zero-order valence-electron chi connectivity index (χ0n) is 14.5. The molecule has 0 unspecified atom stereocenters. The molecule has 0 aromatic carbocycles. The van der Waals surface area contributed by atoms with Crippen LogP contribution in [-0.4, -0.2) is 23.5 Å². The maximum absolute atomic E-state index is 5.98. The van der Waals surface area contributed by atoms with Gasteiger partial charge in [0, 0.05) is 24.2 Å². The van der Waals surface area contributed by atoms with Crippen LogP contribution in [-0.2, 0) is 13.1 Å². The molecule has 0 spiro atoms. The van der Waals surface area contributed by atoms with Crippen LogP contribution in [0.5, 0.6) is 0 Å². The van der Waals surface area contributed by atoms with E-state index in [2.05, 4.69) is 50.9 Å². The molecule has 0 saturated heterocycles. The molecule has 3 nitrogen and oxygen atoms in total. The normalized spacial score (nSPS) is 15.9. The second-order valence-electron chi connectivity index (χ2n) is 7.58. The molecule has 0 radical (unpaired) electrons. The van der Waals surface area contributed by atoms with Crippen LogP contribution >= 0.6 is 0 Å². The Bertz CT molecular complexity index is 441. The number of hydrogen-bond donors (Lipinski definition) is 1. The molecule has 120 valence electrons. The second kappa shape index (κ2) is 6.97. The molecule has 0 atom stereocenters. The van der Waals surface area contributed by atoms with Crippen molar-refractivity contribution in [2.45, 2.75) is 72.5 Å². The van der Waals surface area contributed by atoms with Crippen LogP contribution in [0.3, 0.4) is 0 Å². The topological polar surface area (TPSA) is 28.4 Å². The lowest BCUT2D eigenvalue weighted by Gasteiger charge is -2.20. The molecule has 21 heavy (non-hydrogen) atoms. The van der Waals surface area contributed by atoms with E-state index in [1.807, 2.05) is 0 Å². The van der Waals surface area contributed by atoms with Gasteiger partial charge in [0.1, 0.15) is 11.5 Å². The van der Waals surface area contributed by atoms with Gasteiger partial charge in [-0.3, -0.25) is 4.90 Å². The van der Waals surface area contributed by atoms with E-state index in [9.17, 15) is 0 Å². The largest absolute Gasteiger partial charge is 0.465 e. The van der Waals surface area contributed by atoms with Gasteiger partial charge in [-0.2, -0.15) is 0 Å². The third-order valence-corrected chi connectivity index (χ3v) is 4.01. The van der Waals surface area contributed by atoms with Gasteiger partial charge in [-0.1, -0.05) is 6.92 Å². The second-order valence-corrected chi connectivity index (χ2v) is 7.58. The van der Waals surface area contributed by atoms with E-state index in [0.717, 1.165) is 30.5 Å². The third kappa shape index (κ3) is 5.84. The summed E-state index contributed by atoms with van der Waals surface area (Å²) in [5.41, 5.74) is 1.44. The molecule has 1 N–H and O–H groups in total. The Morgan fingerprint density at radius 3 is 2.62 bits per heavy atom. The highest BCUT2D eigenvalue weighted by Crippen LogP contribution is 2.30. The lowest BCUT2D eigenvalue weighted by atomic mass is 10.1. The van der Waals surface area contributed by atoms with Crippen LogP contribution in [0.2, 0.25) is 0 Å². The summed E-state index contributed by atoms with van der Waals surface area (Å²) in [4.78, 5) is 2.55. The van der Waals surface area contributed by atoms with E-state index in [1.165, 1.54) is 37.9 Å². The third-order valence-electron chi connectivity index (χ3n) is 4.01. The number of rotatable bonds is 8. The van der Waals surface area contributed by atoms with Gasteiger partial charge >= 0.3 is 0 Å². The lowest BCUT2D eigenvalue weighted by molar-refractivity contribution is 0.233. The molecule has 0 bridgehead atoms. The number of hydrogen-bond acceptors (Lipinski definition) is 3. The molecule has 1 aromatic heterocycles. The van der Waals surface area contributed by atoms with Crippen LogP contribution in [0.4, 0.5) is 0 Å². The SMILES string of the molecule is CCCN(Cc1cc(CNC(C)(C)C)c(C)o1)CC1CC1. The molecule has 1 saturated carbocycles. The fraction of sp³-hybridized carbons (Fsp3) is 0.778. The molecule has 1 aromatic rings. The number of furan rings is 1. The van der Waals surface area contributed by atoms with Crippen molar-refractivity contribution in [2.75, 3.05) is 13.1 Å². The van der Waals surface area contributed by atoms with Crippen molar-refractivity contribution >= 4 is 0 Å². The Morgan fingerprint density at radius 2 is 2.05 bits per heavy atom. The molecular formula is C18H32N2O. The quantitative estimate of drug-likeness (QED) is 0.782. The molecule has 0 amide bonds. The summed E-state index contributed by atoms with van der Waals surface area (Å²) >= 11 is 0. The summed E-state index contributed by atoms with van der Waals surface area (Å²) in [5.74, 6) is 3.12. The van der Waals surface area contributed by atoms with Crippen molar-refractivity contribution in [2.24, 2.45) is 5.92 Å². The summed E-state index contributed by atoms with van der Waals surface area (Å²) in [6.45, 7) is 15.2.